The second kappa shape index (κ2) is 13.4. The van der Waals surface area contributed by atoms with Gasteiger partial charge in [-0.2, -0.15) is 0 Å². The molecule has 4 heteroatoms. The summed E-state index contributed by atoms with van der Waals surface area (Å²) in [5.41, 5.74) is 18.9. The average molecular weight is 790 g/mol. The molecule has 2 aliphatic rings. The van der Waals surface area contributed by atoms with Gasteiger partial charge in [0.25, 0.3) is 0 Å². The third-order valence-electron chi connectivity index (χ3n) is 13.0. The highest BCUT2D eigenvalue weighted by molar-refractivity contribution is 6.09. The lowest BCUT2D eigenvalue weighted by molar-refractivity contribution is 0.669. The van der Waals surface area contributed by atoms with Gasteiger partial charge >= 0.3 is 0 Å². The number of hydrogen-bond donors (Lipinski definition) is 0. The van der Waals surface area contributed by atoms with E-state index in [1.54, 1.807) is 0 Å². The van der Waals surface area contributed by atoms with E-state index in [1.165, 1.54) is 55.6 Å². The summed E-state index contributed by atoms with van der Waals surface area (Å²) in [7, 11) is 0. The molecule has 0 radical (unpaired) electrons. The lowest BCUT2D eigenvalue weighted by Gasteiger charge is -2.32. The Morgan fingerprint density at radius 1 is 0.290 bits per heavy atom. The Hall–Kier alpha value is -8.21. The summed E-state index contributed by atoms with van der Waals surface area (Å²) in [6.07, 6.45) is 0. The molecule has 2 heterocycles. The molecule has 4 nitrogen and oxygen atoms in total. The number of para-hydroxylation sites is 2. The van der Waals surface area contributed by atoms with Gasteiger partial charge < -0.3 is 4.42 Å². The largest absolute Gasteiger partial charge is 0.455 e. The average Bonchev–Trinajstić information content (AvgIpc) is 3.99. The lowest BCUT2D eigenvalue weighted by atomic mass is 9.68. The van der Waals surface area contributed by atoms with Crippen molar-refractivity contribution in [3.63, 3.8) is 0 Å². The molecule has 62 heavy (non-hydrogen) atoms. The Morgan fingerprint density at radius 2 is 0.742 bits per heavy atom. The number of furan rings is 1. The predicted octanol–water partition coefficient (Wildman–Crippen LogP) is 14.4. The van der Waals surface area contributed by atoms with E-state index in [1.807, 2.05) is 60.7 Å². The fraction of sp³-hybridized carbons (Fsp3) is 0.0172. The zero-order chi connectivity index (χ0) is 40.8. The zero-order valence-corrected chi connectivity index (χ0v) is 33.5. The van der Waals surface area contributed by atoms with Crippen molar-refractivity contribution < 1.29 is 4.42 Å². The smallest absolute Gasteiger partial charge is 0.167 e. The minimum absolute atomic E-state index is 0.430. The Kier molecular flexibility index (Phi) is 7.49. The summed E-state index contributed by atoms with van der Waals surface area (Å²) in [5, 5.41) is 2.09. The van der Waals surface area contributed by atoms with Gasteiger partial charge in [0.2, 0.25) is 0 Å². The van der Waals surface area contributed by atoms with Crippen LogP contribution in [0.5, 0.6) is 0 Å². The van der Waals surface area contributed by atoms with Gasteiger partial charge in [0.1, 0.15) is 11.2 Å². The van der Waals surface area contributed by atoms with Crippen LogP contribution in [-0.4, -0.2) is 15.0 Å². The van der Waals surface area contributed by atoms with Crippen molar-refractivity contribution in [3.05, 3.63) is 235 Å². The monoisotopic (exact) mass is 789 g/mol. The quantitative estimate of drug-likeness (QED) is 0.174. The molecular weight excluding hydrogens is 755 g/mol. The van der Waals surface area contributed by atoms with E-state index in [2.05, 4.69) is 152 Å². The molecule has 13 rings (SSSR count). The molecule has 0 fully saturated rings. The number of rotatable bonds is 5. The second-order valence-electron chi connectivity index (χ2n) is 16.2. The van der Waals surface area contributed by atoms with Gasteiger partial charge in [-0.1, -0.05) is 200 Å². The van der Waals surface area contributed by atoms with E-state index >= 15 is 0 Å². The van der Waals surface area contributed by atoms with Crippen LogP contribution in [0.2, 0.25) is 0 Å². The van der Waals surface area contributed by atoms with E-state index < -0.39 is 5.41 Å². The minimum atomic E-state index is -0.430. The van der Waals surface area contributed by atoms with E-state index in [4.69, 9.17) is 19.4 Å². The van der Waals surface area contributed by atoms with Crippen LogP contribution < -0.4 is 0 Å². The summed E-state index contributed by atoms with van der Waals surface area (Å²) in [5.74, 6) is 1.76. The van der Waals surface area contributed by atoms with Crippen LogP contribution in [0.3, 0.4) is 0 Å². The van der Waals surface area contributed by atoms with Gasteiger partial charge in [-0.15, -0.1) is 0 Å². The molecule has 0 amide bonds. The number of hydrogen-bond acceptors (Lipinski definition) is 4. The molecule has 0 saturated heterocycles. The summed E-state index contributed by atoms with van der Waals surface area (Å²) < 4.78 is 6.48. The topological polar surface area (TPSA) is 51.8 Å². The van der Waals surface area contributed by atoms with Crippen molar-refractivity contribution >= 4 is 21.9 Å². The highest BCUT2D eigenvalue weighted by Crippen LogP contribution is 2.64. The molecule has 0 aliphatic heterocycles. The first-order valence-electron chi connectivity index (χ1n) is 21.1. The van der Waals surface area contributed by atoms with Crippen LogP contribution in [0.1, 0.15) is 22.3 Å². The fourth-order valence-electron chi connectivity index (χ4n) is 10.4. The second-order valence-corrected chi connectivity index (χ2v) is 16.2. The minimum Gasteiger partial charge on any atom is -0.455 e. The molecule has 1 spiro atoms. The van der Waals surface area contributed by atoms with Crippen molar-refractivity contribution in [2.24, 2.45) is 0 Å². The molecule has 2 aromatic heterocycles. The summed E-state index contributed by atoms with van der Waals surface area (Å²) in [6.45, 7) is 0. The van der Waals surface area contributed by atoms with E-state index in [0.29, 0.717) is 17.5 Å². The van der Waals surface area contributed by atoms with E-state index in [0.717, 1.165) is 49.8 Å². The van der Waals surface area contributed by atoms with Gasteiger partial charge in [-0.05, 0) is 78.9 Å². The van der Waals surface area contributed by atoms with Crippen LogP contribution >= 0.6 is 0 Å². The van der Waals surface area contributed by atoms with Crippen LogP contribution in [0.15, 0.2) is 217 Å². The Morgan fingerprint density at radius 3 is 1.44 bits per heavy atom. The maximum atomic E-state index is 6.48. The number of benzene rings is 9. The Labute approximate surface area is 358 Å². The van der Waals surface area contributed by atoms with Crippen LogP contribution in [0.25, 0.3) is 101 Å². The summed E-state index contributed by atoms with van der Waals surface area (Å²) >= 11 is 0. The SMILES string of the molecule is c1ccc(-c2nc(-c3ccccc3-c3ccc(-c4cccc5c4C4(c6ccccc6-c6ccccc64)c4ccccc4-5)cc3)nc(-c3cccc4c3oc3ccccc34)n2)cc1. The van der Waals surface area contributed by atoms with Gasteiger partial charge in [0, 0.05) is 21.9 Å². The fourth-order valence-corrected chi connectivity index (χ4v) is 10.4. The first-order valence-corrected chi connectivity index (χ1v) is 21.1. The van der Waals surface area contributed by atoms with Crippen LogP contribution in [0, 0.1) is 0 Å². The summed E-state index contributed by atoms with van der Waals surface area (Å²) in [6, 6.07) is 75.7. The molecule has 0 bridgehead atoms. The molecule has 288 valence electrons. The van der Waals surface area contributed by atoms with Crippen molar-refractivity contribution in [2.75, 3.05) is 0 Å². The zero-order valence-electron chi connectivity index (χ0n) is 33.5. The molecule has 0 atom stereocenters. The van der Waals surface area contributed by atoms with E-state index in [9.17, 15) is 0 Å². The van der Waals surface area contributed by atoms with Gasteiger partial charge in [0.15, 0.2) is 17.5 Å². The third-order valence-corrected chi connectivity index (χ3v) is 13.0. The highest BCUT2D eigenvalue weighted by Gasteiger charge is 2.52. The standard InChI is InChI=1S/C58H35N3O/c1-2-16-38(17-3-1)55-59-56(61-57(60-55)48-27-15-26-46-44-22-9-13-31-52(44)62-54(46)48)47-23-5-4-18-39(47)36-32-34-37(35-33-36)40-24-14-25-45-43-21-8-12-30-51(43)58(53(40)45)49-28-10-6-19-41(49)42-20-7-11-29-50(42)58/h1-35H. The van der Waals surface area contributed by atoms with Gasteiger partial charge in [-0.25, -0.2) is 15.0 Å². The Balaban J connectivity index is 0.963. The van der Waals surface area contributed by atoms with Crippen molar-refractivity contribution in [1.29, 1.82) is 0 Å². The molecule has 11 aromatic rings. The number of aromatic nitrogens is 3. The third kappa shape index (κ3) is 4.92. The first-order chi connectivity index (χ1) is 30.8. The number of fused-ring (bicyclic) bond motifs is 13. The highest BCUT2D eigenvalue weighted by atomic mass is 16.3. The maximum absolute atomic E-state index is 6.48. The molecule has 0 N–H and O–H groups in total. The van der Waals surface area contributed by atoms with Crippen LogP contribution in [-0.2, 0) is 5.41 Å². The number of nitrogens with zero attached hydrogens (tertiary/aromatic N) is 3. The first kappa shape index (κ1) is 34.6. The van der Waals surface area contributed by atoms with Crippen molar-refractivity contribution in [2.45, 2.75) is 5.41 Å². The summed E-state index contributed by atoms with van der Waals surface area (Å²) in [4.78, 5) is 15.5. The molecule has 2 aliphatic carbocycles. The van der Waals surface area contributed by atoms with Crippen molar-refractivity contribution in [1.82, 2.24) is 15.0 Å². The molecule has 9 aromatic carbocycles. The maximum Gasteiger partial charge on any atom is 0.167 e. The molecule has 0 unspecified atom stereocenters. The molecular formula is C58H35N3O. The Bertz CT molecular complexity index is 3520. The van der Waals surface area contributed by atoms with Gasteiger partial charge in [-0.3, -0.25) is 0 Å². The van der Waals surface area contributed by atoms with Crippen molar-refractivity contribution in [3.8, 4) is 78.7 Å². The predicted molar refractivity (Wildman–Crippen MR) is 251 cm³/mol. The van der Waals surface area contributed by atoms with Crippen LogP contribution in [0.4, 0.5) is 0 Å². The van der Waals surface area contributed by atoms with Gasteiger partial charge in [0.05, 0.1) is 11.0 Å². The normalized spacial score (nSPS) is 13.0. The lowest BCUT2D eigenvalue weighted by Crippen LogP contribution is -2.26. The van der Waals surface area contributed by atoms with E-state index in [-0.39, 0.29) is 0 Å². The molecule has 0 saturated carbocycles.